The Morgan fingerprint density at radius 1 is 1.28 bits per heavy atom. The second-order valence-corrected chi connectivity index (χ2v) is 7.16. The van der Waals surface area contributed by atoms with E-state index < -0.39 is 14.6 Å². The summed E-state index contributed by atoms with van der Waals surface area (Å²) in [5, 5.41) is 0. The lowest BCUT2D eigenvalue weighted by molar-refractivity contribution is 0.116. The van der Waals surface area contributed by atoms with Crippen LogP contribution in [0.4, 0.5) is 0 Å². The smallest absolute Gasteiger partial charge is 0.161 e. The van der Waals surface area contributed by atoms with E-state index in [0.29, 0.717) is 19.4 Å². The maximum absolute atomic E-state index is 12.0. The fourth-order valence-electron chi connectivity index (χ4n) is 1.95. The van der Waals surface area contributed by atoms with Gasteiger partial charge in [-0.2, -0.15) is 0 Å². The molecule has 0 atom stereocenters. The third-order valence-electron chi connectivity index (χ3n) is 3.28. The van der Waals surface area contributed by atoms with Crippen molar-refractivity contribution in [3.05, 3.63) is 48.6 Å². The molecule has 0 radical (unpaired) electrons. The minimum atomic E-state index is -3.10. The Kier molecular flexibility index (Phi) is 3.88. The highest BCUT2D eigenvalue weighted by atomic mass is 32.2. The van der Waals surface area contributed by atoms with E-state index in [4.69, 9.17) is 4.74 Å². The highest BCUT2D eigenvalue weighted by Gasteiger charge is 2.53. The van der Waals surface area contributed by atoms with Crippen LogP contribution in [0.2, 0.25) is 0 Å². The van der Waals surface area contributed by atoms with Crippen LogP contribution in [0.5, 0.6) is 0 Å². The highest BCUT2D eigenvalue weighted by molar-refractivity contribution is 7.93. The molecular weight excluding hydrogens is 248 g/mol. The fourth-order valence-corrected chi connectivity index (χ4v) is 3.60. The van der Waals surface area contributed by atoms with Gasteiger partial charge in [0.05, 0.1) is 23.7 Å². The summed E-state index contributed by atoms with van der Waals surface area (Å²) < 4.78 is 28.9. The zero-order valence-electron chi connectivity index (χ0n) is 10.3. The van der Waals surface area contributed by atoms with Crippen molar-refractivity contribution in [2.24, 2.45) is 0 Å². The Hall–Kier alpha value is -1.13. The van der Waals surface area contributed by atoms with Gasteiger partial charge >= 0.3 is 0 Å². The molecule has 0 spiro atoms. The van der Waals surface area contributed by atoms with Gasteiger partial charge in [0, 0.05) is 0 Å². The van der Waals surface area contributed by atoms with Gasteiger partial charge in [-0.15, -0.1) is 6.58 Å². The van der Waals surface area contributed by atoms with Crippen LogP contribution in [0, 0.1) is 0 Å². The van der Waals surface area contributed by atoms with Crippen molar-refractivity contribution in [2.75, 3.05) is 12.4 Å². The zero-order chi connectivity index (χ0) is 13.1. The summed E-state index contributed by atoms with van der Waals surface area (Å²) in [6.45, 7) is 4.25. The van der Waals surface area contributed by atoms with Gasteiger partial charge in [-0.3, -0.25) is 0 Å². The summed E-state index contributed by atoms with van der Waals surface area (Å²) >= 11 is 0. The Morgan fingerprint density at radius 2 is 1.94 bits per heavy atom. The van der Waals surface area contributed by atoms with Crippen molar-refractivity contribution in [3.63, 3.8) is 0 Å². The summed E-state index contributed by atoms with van der Waals surface area (Å²) in [4.78, 5) is 0. The number of rotatable bonds is 7. The van der Waals surface area contributed by atoms with Crippen molar-refractivity contribution in [1.29, 1.82) is 0 Å². The third-order valence-corrected chi connectivity index (χ3v) is 5.80. The monoisotopic (exact) mass is 266 g/mol. The van der Waals surface area contributed by atoms with Gasteiger partial charge < -0.3 is 4.74 Å². The maximum Gasteiger partial charge on any atom is 0.161 e. The van der Waals surface area contributed by atoms with Crippen LogP contribution in [0.3, 0.4) is 0 Å². The Morgan fingerprint density at radius 3 is 2.50 bits per heavy atom. The minimum Gasteiger partial charge on any atom is -0.375 e. The van der Waals surface area contributed by atoms with E-state index in [9.17, 15) is 8.42 Å². The van der Waals surface area contributed by atoms with Gasteiger partial charge in [0.1, 0.15) is 0 Å². The second-order valence-electron chi connectivity index (χ2n) is 4.73. The van der Waals surface area contributed by atoms with E-state index in [1.807, 2.05) is 30.3 Å². The van der Waals surface area contributed by atoms with Gasteiger partial charge in [0.25, 0.3) is 0 Å². The molecule has 1 aromatic carbocycles. The van der Waals surface area contributed by atoms with E-state index in [0.717, 1.165) is 5.56 Å². The standard InChI is InChI=1S/C14H18O3S/c1-2-10-18(15,16)14(8-9-14)12-17-11-13-6-4-3-5-7-13/h2-7H,1,8-12H2. The molecule has 1 aromatic rings. The lowest BCUT2D eigenvalue weighted by Crippen LogP contribution is -2.30. The van der Waals surface area contributed by atoms with Crippen LogP contribution >= 0.6 is 0 Å². The van der Waals surface area contributed by atoms with Crippen molar-refractivity contribution >= 4 is 9.84 Å². The molecule has 1 fully saturated rings. The molecule has 0 N–H and O–H groups in total. The molecule has 18 heavy (non-hydrogen) atoms. The molecule has 0 aromatic heterocycles. The van der Waals surface area contributed by atoms with Crippen molar-refractivity contribution in [1.82, 2.24) is 0 Å². The number of ether oxygens (including phenoxy) is 1. The molecular formula is C14H18O3S. The van der Waals surface area contributed by atoms with Crippen molar-refractivity contribution in [2.45, 2.75) is 24.2 Å². The quantitative estimate of drug-likeness (QED) is 0.711. The topological polar surface area (TPSA) is 43.4 Å². The fraction of sp³-hybridized carbons (Fsp3) is 0.429. The molecule has 1 saturated carbocycles. The van der Waals surface area contributed by atoms with Crippen LogP contribution in [-0.2, 0) is 21.2 Å². The van der Waals surface area contributed by atoms with Crippen molar-refractivity contribution < 1.29 is 13.2 Å². The molecule has 0 unspecified atom stereocenters. The van der Waals surface area contributed by atoms with Crippen LogP contribution in [0.25, 0.3) is 0 Å². The van der Waals surface area contributed by atoms with Gasteiger partial charge in [-0.05, 0) is 18.4 Å². The number of benzene rings is 1. The average Bonchev–Trinajstić information content (AvgIpc) is 3.12. The SMILES string of the molecule is C=CCS(=O)(=O)C1(COCc2ccccc2)CC1. The molecule has 0 amide bonds. The normalized spacial score (nSPS) is 17.3. The molecule has 4 heteroatoms. The van der Waals surface area contributed by atoms with E-state index in [2.05, 4.69) is 6.58 Å². The first-order valence-electron chi connectivity index (χ1n) is 6.04. The number of hydrogen-bond donors (Lipinski definition) is 0. The first-order chi connectivity index (χ1) is 8.60. The third kappa shape index (κ3) is 2.82. The first kappa shape index (κ1) is 13.3. The summed E-state index contributed by atoms with van der Waals surface area (Å²) in [5.74, 6) is 0.0434. The second kappa shape index (κ2) is 5.24. The largest absolute Gasteiger partial charge is 0.375 e. The van der Waals surface area contributed by atoms with E-state index in [1.54, 1.807) is 0 Å². The zero-order valence-corrected chi connectivity index (χ0v) is 11.2. The number of sulfone groups is 1. The van der Waals surface area contributed by atoms with E-state index in [1.165, 1.54) is 6.08 Å². The van der Waals surface area contributed by atoms with Crippen LogP contribution in [0.15, 0.2) is 43.0 Å². The molecule has 2 rings (SSSR count). The lowest BCUT2D eigenvalue weighted by Gasteiger charge is -2.15. The molecule has 98 valence electrons. The van der Waals surface area contributed by atoms with Crippen LogP contribution in [0.1, 0.15) is 18.4 Å². The van der Waals surface area contributed by atoms with E-state index >= 15 is 0 Å². The number of hydrogen-bond acceptors (Lipinski definition) is 3. The lowest BCUT2D eigenvalue weighted by atomic mass is 10.2. The summed E-state index contributed by atoms with van der Waals surface area (Å²) in [6.07, 6.45) is 2.86. The van der Waals surface area contributed by atoms with Crippen molar-refractivity contribution in [3.8, 4) is 0 Å². The Balaban J connectivity index is 1.89. The average molecular weight is 266 g/mol. The minimum absolute atomic E-state index is 0.0434. The Labute approximate surface area is 108 Å². The van der Waals surface area contributed by atoms with Crippen LogP contribution in [-0.4, -0.2) is 25.5 Å². The van der Waals surface area contributed by atoms with Gasteiger partial charge in [-0.1, -0.05) is 36.4 Å². The molecule has 0 heterocycles. The predicted octanol–water partition coefficient (Wildman–Crippen LogP) is 2.34. The molecule has 0 saturated heterocycles. The predicted molar refractivity (Wildman–Crippen MR) is 72.0 cm³/mol. The summed E-state index contributed by atoms with van der Waals surface area (Å²) in [5.41, 5.74) is 1.06. The summed E-state index contributed by atoms with van der Waals surface area (Å²) in [7, 11) is -3.10. The highest BCUT2D eigenvalue weighted by Crippen LogP contribution is 2.44. The summed E-state index contributed by atoms with van der Waals surface area (Å²) in [6, 6.07) is 9.77. The molecule has 1 aliphatic carbocycles. The molecule has 1 aliphatic rings. The molecule has 0 aliphatic heterocycles. The molecule has 0 bridgehead atoms. The maximum atomic E-state index is 12.0. The van der Waals surface area contributed by atoms with Gasteiger partial charge in [0.15, 0.2) is 9.84 Å². The van der Waals surface area contributed by atoms with E-state index in [-0.39, 0.29) is 12.4 Å². The molecule has 3 nitrogen and oxygen atoms in total. The van der Waals surface area contributed by atoms with Gasteiger partial charge in [-0.25, -0.2) is 8.42 Å². The van der Waals surface area contributed by atoms with Gasteiger partial charge in [0.2, 0.25) is 0 Å². The first-order valence-corrected chi connectivity index (χ1v) is 7.70. The van der Waals surface area contributed by atoms with Crippen LogP contribution < -0.4 is 0 Å². The Bertz CT molecular complexity index is 501.